The van der Waals surface area contributed by atoms with E-state index in [1.165, 1.54) is 12.1 Å². The second-order valence-corrected chi connectivity index (χ2v) is 4.41. The lowest BCUT2D eigenvalue weighted by Gasteiger charge is -1.96. The minimum absolute atomic E-state index is 0.0916. The zero-order chi connectivity index (χ0) is 10.6. The summed E-state index contributed by atoms with van der Waals surface area (Å²) in [5, 5.41) is 4.93. The van der Waals surface area contributed by atoms with Crippen LogP contribution in [0.1, 0.15) is 5.56 Å². The molecular formula is C9H9NO2S2. The quantitative estimate of drug-likeness (QED) is 0.545. The van der Waals surface area contributed by atoms with Gasteiger partial charge in [0.25, 0.3) is 0 Å². The van der Waals surface area contributed by atoms with Crippen molar-refractivity contribution in [2.75, 3.05) is 5.75 Å². The lowest BCUT2D eigenvalue weighted by Crippen LogP contribution is -2.11. The molecule has 1 aromatic rings. The maximum absolute atomic E-state index is 10.9. The van der Waals surface area contributed by atoms with E-state index >= 15 is 0 Å². The van der Waals surface area contributed by atoms with Crippen molar-refractivity contribution in [3.8, 4) is 11.8 Å². The third-order valence-corrected chi connectivity index (χ3v) is 2.58. The predicted octanol–water partition coefficient (Wildman–Crippen LogP) is 0.615. The van der Waals surface area contributed by atoms with Gasteiger partial charge in [0, 0.05) is 5.56 Å². The molecule has 0 unspecified atom stereocenters. The molecule has 1 aromatic carbocycles. The van der Waals surface area contributed by atoms with Gasteiger partial charge in [0.15, 0.2) is 0 Å². The first-order valence-corrected chi connectivity index (χ1v) is 5.94. The number of nitrogens with two attached hydrogens (primary N) is 1. The average molecular weight is 227 g/mol. The van der Waals surface area contributed by atoms with Gasteiger partial charge in [0.1, 0.15) is 0 Å². The Morgan fingerprint density at radius 1 is 1.29 bits per heavy atom. The van der Waals surface area contributed by atoms with Crippen LogP contribution in [0, 0.1) is 11.8 Å². The molecule has 0 aliphatic heterocycles. The number of sulfonamides is 1. The van der Waals surface area contributed by atoms with Crippen molar-refractivity contribution in [1.29, 1.82) is 0 Å². The van der Waals surface area contributed by atoms with Crippen LogP contribution in [0.3, 0.4) is 0 Å². The van der Waals surface area contributed by atoms with E-state index in [0.29, 0.717) is 5.75 Å². The number of rotatable bonds is 1. The summed E-state index contributed by atoms with van der Waals surface area (Å²) in [6.07, 6.45) is 0. The van der Waals surface area contributed by atoms with E-state index in [1.807, 2.05) is 0 Å². The normalized spacial score (nSPS) is 10.4. The molecule has 74 valence electrons. The Balaban J connectivity index is 3.01. The van der Waals surface area contributed by atoms with Crippen molar-refractivity contribution in [1.82, 2.24) is 0 Å². The molecule has 0 saturated heterocycles. The first-order chi connectivity index (χ1) is 6.54. The third-order valence-electron chi connectivity index (χ3n) is 1.49. The molecule has 5 heteroatoms. The Morgan fingerprint density at radius 2 is 1.86 bits per heavy atom. The van der Waals surface area contributed by atoms with Gasteiger partial charge in [-0.15, -0.1) is 0 Å². The smallest absolute Gasteiger partial charge is 0.225 e. The van der Waals surface area contributed by atoms with Crippen molar-refractivity contribution in [2.24, 2.45) is 5.14 Å². The largest absolute Gasteiger partial charge is 0.238 e. The van der Waals surface area contributed by atoms with Crippen LogP contribution in [0.15, 0.2) is 29.2 Å². The van der Waals surface area contributed by atoms with Crippen LogP contribution >= 0.6 is 12.6 Å². The second-order valence-electron chi connectivity index (χ2n) is 2.53. The van der Waals surface area contributed by atoms with Gasteiger partial charge in [-0.05, 0) is 24.3 Å². The van der Waals surface area contributed by atoms with E-state index in [0.717, 1.165) is 5.56 Å². The molecule has 0 aliphatic carbocycles. The number of hydrogen-bond acceptors (Lipinski definition) is 3. The molecule has 0 amide bonds. The van der Waals surface area contributed by atoms with Gasteiger partial charge in [0.2, 0.25) is 10.0 Å². The van der Waals surface area contributed by atoms with E-state index in [1.54, 1.807) is 12.1 Å². The molecule has 0 saturated carbocycles. The Kier molecular flexibility index (Phi) is 3.58. The number of thiol groups is 1. The molecular weight excluding hydrogens is 218 g/mol. The Labute approximate surface area is 88.8 Å². The first-order valence-electron chi connectivity index (χ1n) is 3.76. The fourth-order valence-electron chi connectivity index (χ4n) is 0.870. The highest BCUT2D eigenvalue weighted by Crippen LogP contribution is 2.07. The lowest BCUT2D eigenvalue weighted by atomic mass is 10.2. The number of hydrogen-bond donors (Lipinski definition) is 2. The SMILES string of the molecule is NS(=O)(=O)c1ccc(C#CCS)cc1. The Morgan fingerprint density at radius 3 is 2.29 bits per heavy atom. The van der Waals surface area contributed by atoms with Gasteiger partial charge in [0.05, 0.1) is 10.6 Å². The van der Waals surface area contributed by atoms with Crippen LogP contribution in [0.5, 0.6) is 0 Å². The monoisotopic (exact) mass is 227 g/mol. The molecule has 0 spiro atoms. The summed E-state index contributed by atoms with van der Waals surface area (Å²) in [5.41, 5.74) is 0.742. The summed E-state index contributed by atoms with van der Waals surface area (Å²) in [4.78, 5) is 0.0916. The minimum Gasteiger partial charge on any atom is -0.225 e. The van der Waals surface area contributed by atoms with Crippen molar-refractivity contribution in [3.63, 3.8) is 0 Å². The topological polar surface area (TPSA) is 60.2 Å². The zero-order valence-electron chi connectivity index (χ0n) is 7.27. The highest BCUT2D eigenvalue weighted by atomic mass is 32.2. The van der Waals surface area contributed by atoms with Crippen molar-refractivity contribution < 1.29 is 8.42 Å². The summed E-state index contributed by atoms with van der Waals surface area (Å²) in [6.45, 7) is 0. The standard InChI is InChI=1S/C9H9NO2S2/c10-14(11,12)9-5-3-8(4-6-9)2-1-7-13/h3-6,13H,7H2,(H2,10,11,12). The Bertz CT molecular complexity index is 466. The van der Waals surface area contributed by atoms with Crippen LogP contribution in [-0.4, -0.2) is 14.2 Å². The molecule has 0 aromatic heterocycles. The second kappa shape index (κ2) is 4.51. The minimum atomic E-state index is -3.60. The van der Waals surface area contributed by atoms with E-state index in [2.05, 4.69) is 24.5 Å². The van der Waals surface area contributed by atoms with Gasteiger partial charge in [-0.1, -0.05) is 11.8 Å². The van der Waals surface area contributed by atoms with E-state index in [-0.39, 0.29) is 4.90 Å². The van der Waals surface area contributed by atoms with Gasteiger partial charge in [-0.2, -0.15) is 12.6 Å². The summed E-state index contributed by atoms with van der Waals surface area (Å²) in [7, 11) is -3.60. The predicted molar refractivity (Wildman–Crippen MR) is 58.5 cm³/mol. The maximum atomic E-state index is 10.9. The van der Waals surface area contributed by atoms with Gasteiger partial charge in [-0.25, -0.2) is 13.6 Å². The van der Waals surface area contributed by atoms with Gasteiger partial charge in [-0.3, -0.25) is 0 Å². The molecule has 14 heavy (non-hydrogen) atoms. The molecule has 0 atom stereocenters. The van der Waals surface area contributed by atoms with Crippen LogP contribution in [0.25, 0.3) is 0 Å². The first kappa shape index (κ1) is 11.1. The fourth-order valence-corrected chi connectivity index (χ4v) is 1.46. The van der Waals surface area contributed by atoms with E-state index in [4.69, 9.17) is 5.14 Å². The lowest BCUT2D eigenvalue weighted by molar-refractivity contribution is 0.598. The molecule has 0 fully saturated rings. The van der Waals surface area contributed by atoms with Crippen LogP contribution < -0.4 is 5.14 Å². The fraction of sp³-hybridized carbons (Fsp3) is 0.111. The van der Waals surface area contributed by atoms with Crippen LogP contribution in [0.4, 0.5) is 0 Å². The Hall–Kier alpha value is -0.960. The highest BCUT2D eigenvalue weighted by molar-refractivity contribution is 7.89. The summed E-state index contributed by atoms with van der Waals surface area (Å²) >= 11 is 3.93. The van der Waals surface area contributed by atoms with Crippen molar-refractivity contribution in [3.05, 3.63) is 29.8 Å². The number of benzene rings is 1. The molecule has 0 aliphatic rings. The zero-order valence-corrected chi connectivity index (χ0v) is 8.98. The molecule has 0 radical (unpaired) electrons. The summed E-state index contributed by atoms with van der Waals surface area (Å²) in [5.74, 6) is 6.04. The highest BCUT2D eigenvalue weighted by Gasteiger charge is 2.05. The van der Waals surface area contributed by atoms with E-state index in [9.17, 15) is 8.42 Å². The third kappa shape index (κ3) is 3.07. The van der Waals surface area contributed by atoms with Crippen LogP contribution in [-0.2, 0) is 10.0 Å². The van der Waals surface area contributed by atoms with Crippen molar-refractivity contribution in [2.45, 2.75) is 4.90 Å². The molecule has 1 rings (SSSR count). The average Bonchev–Trinajstić information content (AvgIpc) is 2.14. The van der Waals surface area contributed by atoms with E-state index < -0.39 is 10.0 Å². The molecule has 2 N–H and O–H groups in total. The van der Waals surface area contributed by atoms with Crippen LogP contribution in [0.2, 0.25) is 0 Å². The summed E-state index contributed by atoms with van der Waals surface area (Å²) < 4.78 is 21.8. The molecule has 3 nitrogen and oxygen atoms in total. The maximum Gasteiger partial charge on any atom is 0.238 e. The van der Waals surface area contributed by atoms with Crippen molar-refractivity contribution >= 4 is 22.7 Å². The van der Waals surface area contributed by atoms with Gasteiger partial charge < -0.3 is 0 Å². The number of primary sulfonamides is 1. The van der Waals surface area contributed by atoms with Gasteiger partial charge >= 0.3 is 0 Å². The summed E-state index contributed by atoms with van der Waals surface area (Å²) in [6, 6.07) is 6.07. The molecule has 0 bridgehead atoms. The molecule has 0 heterocycles.